The van der Waals surface area contributed by atoms with Crippen LogP contribution >= 0.6 is 0 Å². The highest BCUT2D eigenvalue weighted by atomic mass is 16.5. The zero-order valence-corrected chi connectivity index (χ0v) is 10.9. The Kier molecular flexibility index (Phi) is 4.05. The monoisotopic (exact) mass is 239 g/mol. The van der Waals surface area contributed by atoms with Gasteiger partial charge in [0.05, 0.1) is 0 Å². The molecule has 1 saturated heterocycles. The minimum absolute atomic E-state index is 0.209. The van der Waals surface area contributed by atoms with Gasteiger partial charge in [0, 0.05) is 19.7 Å². The molecule has 0 spiro atoms. The first-order valence-corrected chi connectivity index (χ1v) is 6.87. The minimum atomic E-state index is -0.467. The second kappa shape index (κ2) is 5.36. The van der Waals surface area contributed by atoms with Crippen molar-refractivity contribution < 1.29 is 4.74 Å². The first kappa shape index (κ1) is 12.8. The number of nitrogens with two attached hydrogens (primary N) is 1. The zero-order chi connectivity index (χ0) is 12.3. The van der Waals surface area contributed by atoms with Crippen LogP contribution in [0.1, 0.15) is 39.0 Å². The van der Waals surface area contributed by atoms with Gasteiger partial charge in [-0.3, -0.25) is 5.41 Å². The predicted octanol–water partition coefficient (Wildman–Crippen LogP) is 1.59. The molecule has 0 atom stereocenters. The highest BCUT2D eigenvalue weighted by molar-refractivity contribution is 5.86. The molecule has 1 aliphatic carbocycles. The molecule has 98 valence electrons. The van der Waals surface area contributed by atoms with Gasteiger partial charge in [0.25, 0.3) is 0 Å². The van der Waals surface area contributed by atoms with Crippen LogP contribution in [0.4, 0.5) is 0 Å². The summed E-state index contributed by atoms with van der Waals surface area (Å²) in [4.78, 5) is 2.50. The number of likely N-dealkylation sites (tertiary alicyclic amines) is 1. The maximum Gasteiger partial charge on any atom is 0.127 e. The lowest BCUT2D eigenvalue weighted by Crippen LogP contribution is -2.53. The molecule has 1 saturated carbocycles. The summed E-state index contributed by atoms with van der Waals surface area (Å²) in [5.74, 6) is 1.21. The van der Waals surface area contributed by atoms with E-state index in [0.29, 0.717) is 6.61 Å². The van der Waals surface area contributed by atoms with Crippen molar-refractivity contribution >= 4 is 5.84 Å². The molecule has 2 aliphatic rings. The Morgan fingerprint density at radius 3 is 2.53 bits per heavy atom. The summed E-state index contributed by atoms with van der Waals surface area (Å²) in [7, 11) is 0. The van der Waals surface area contributed by atoms with Gasteiger partial charge in [0.1, 0.15) is 11.4 Å². The van der Waals surface area contributed by atoms with Crippen LogP contribution in [0.3, 0.4) is 0 Å². The number of nitrogens with zero attached hydrogens (tertiary/aromatic N) is 1. The lowest BCUT2D eigenvalue weighted by Gasteiger charge is -2.40. The number of hydrogen-bond acceptors (Lipinski definition) is 3. The lowest BCUT2D eigenvalue weighted by molar-refractivity contribution is -0.0311. The molecule has 0 aromatic heterocycles. The summed E-state index contributed by atoms with van der Waals surface area (Å²) in [5.41, 5.74) is 5.24. The van der Waals surface area contributed by atoms with E-state index >= 15 is 0 Å². The molecule has 0 unspecified atom stereocenters. The van der Waals surface area contributed by atoms with Crippen LogP contribution < -0.4 is 5.73 Å². The Morgan fingerprint density at radius 1 is 1.41 bits per heavy atom. The SMILES string of the molecule is CCOC1(C(=N)N)CCN(CCC2CC2)CC1. The molecule has 0 aromatic rings. The average molecular weight is 239 g/mol. The fourth-order valence-corrected chi connectivity index (χ4v) is 2.68. The molecule has 2 fully saturated rings. The zero-order valence-electron chi connectivity index (χ0n) is 10.9. The Bertz CT molecular complexity index is 268. The molecule has 4 nitrogen and oxygen atoms in total. The Hall–Kier alpha value is -0.610. The van der Waals surface area contributed by atoms with E-state index in [1.807, 2.05) is 6.92 Å². The third-order valence-corrected chi connectivity index (χ3v) is 4.13. The van der Waals surface area contributed by atoms with Crippen molar-refractivity contribution in [2.45, 2.75) is 44.6 Å². The quantitative estimate of drug-likeness (QED) is 0.546. The third-order valence-electron chi connectivity index (χ3n) is 4.13. The van der Waals surface area contributed by atoms with E-state index < -0.39 is 5.60 Å². The molecule has 0 amide bonds. The van der Waals surface area contributed by atoms with Crippen LogP contribution in [0.25, 0.3) is 0 Å². The predicted molar refractivity (Wildman–Crippen MR) is 69.3 cm³/mol. The van der Waals surface area contributed by atoms with E-state index in [1.54, 1.807) is 0 Å². The van der Waals surface area contributed by atoms with Crippen molar-refractivity contribution in [3.8, 4) is 0 Å². The van der Waals surface area contributed by atoms with Gasteiger partial charge in [-0.1, -0.05) is 12.8 Å². The highest BCUT2D eigenvalue weighted by Gasteiger charge is 2.38. The van der Waals surface area contributed by atoms with Crippen molar-refractivity contribution in [3.05, 3.63) is 0 Å². The fraction of sp³-hybridized carbons (Fsp3) is 0.923. The second-order valence-corrected chi connectivity index (χ2v) is 5.41. The van der Waals surface area contributed by atoms with Crippen molar-refractivity contribution in [1.29, 1.82) is 5.41 Å². The van der Waals surface area contributed by atoms with Gasteiger partial charge >= 0.3 is 0 Å². The summed E-state index contributed by atoms with van der Waals surface area (Å²) in [6.45, 7) is 5.87. The first-order valence-electron chi connectivity index (χ1n) is 6.87. The highest BCUT2D eigenvalue weighted by Crippen LogP contribution is 2.33. The number of hydrogen-bond donors (Lipinski definition) is 2. The van der Waals surface area contributed by atoms with Crippen LogP contribution in [0.5, 0.6) is 0 Å². The van der Waals surface area contributed by atoms with Gasteiger partial charge in [-0.05, 0) is 38.6 Å². The fourth-order valence-electron chi connectivity index (χ4n) is 2.68. The number of piperidine rings is 1. The summed E-state index contributed by atoms with van der Waals surface area (Å²) in [6.07, 6.45) is 5.97. The van der Waals surface area contributed by atoms with Crippen LogP contribution in [0.2, 0.25) is 0 Å². The van der Waals surface area contributed by atoms with Crippen LogP contribution in [0, 0.1) is 11.3 Å². The summed E-state index contributed by atoms with van der Waals surface area (Å²) >= 11 is 0. The lowest BCUT2D eigenvalue weighted by atomic mass is 9.89. The van der Waals surface area contributed by atoms with Gasteiger partial charge in [0.2, 0.25) is 0 Å². The molecule has 17 heavy (non-hydrogen) atoms. The van der Waals surface area contributed by atoms with Crippen molar-refractivity contribution in [3.63, 3.8) is 0 Å². The van der Waals surface area contributed by atoms with E-state index in [4.69, 9.17) is 15.9 Å². The normalized spacial score (nSPS) is 24.8. The third kappa shape index (κ3) is 3.19. The molecule has 0 aromatic carbocycles. The van der Waals surface area contributed by atoms with Gasteiger partial charge in [-0.2, -0.15) is 0 Å². The summed E-state index contributed by atoms with van der Waals surface area (Å²) in [5, 5.41) is 7.72. The Balaban J connectivity index is 1.79. The molecule has 0 bridgehead atoms. The van der Waals surface area contributed by atoms with Gasteiger partial charge in [0.15, 0.2) is 0 Å². The molecular formula is C13H25N3O. The number of ether oxygens (including phenoxy) is 1. The van der Waals surface area contributed by atoms with Gasteiger partial charge in [-0.25, -0.2) is 0 Å². The molecule has 1 heterocycles. The number of amidine groups is 1. The van der Waals surface area contributed by atoms with Crippen LogP contribution in [-0.4, -0.2) is 42.6 Å². The summed E-state index contributed by atoms with van der Waals surface area (Å²) in [6, 6.07) is 0. The van der Waals surface area contributed by atoms with Crippen molar-refractivity contribution in [1.82, 2.24) is 4.90 Å². The maximum absolute atomic E-state index is 7.72. The summed E-state index contributed by atoms with van der Waals surface area (Å²) < 4.78 is 5.74. The number of rotatable bonds is 6. The topological polar surface area (TPSA) is 62.3 Å². The van der Waals surface area contributed by atoms with Crippen LogP contribution in [-0.2, 0) is 4.74 Å². The Labute approximate surface area is 104 Å². The standard InChI is InChI=1S/C13H25N3O/c1-2-17-13(12(14)15)6-9-16(10-7-13)8-5-11-3-4-11/h11H,2-10H2,1H3,(H3,14,15). The number of nitrogens with one attached hydrogen (secondary N) is 1. The van der Waals surface area contributed by atoms with E-state index in [9.17, 15) is 0 Å². The molecule has 1 aliphatic heterocycles. The second-order valence-electron chi connectivity index (χ2n) is 5.41. The van der Waals surface area contributed by atoms with Crippen LogP contribution in [0.15, 0.2) is 0 Å². The maximum atomic E-state index is 7.72. The Morgan fingerprint density at radius 2 is 2.06 bits per heavy atom. The van der Waals surface area contributed by atoms with E-state index in [-0.39, 0.29) is 5.84 Å². The smallest absolute Gasteiger partial charge is 0.127 e. The molecule has 0 radical (unpaired) electrons. The van der Waals surface area contributed by atoms with Gasteiger partial charge < -0.3 is 15.4 Å². The largest absolute Gasteiger partial charge is 0.385 e. The molecular weight excluding hydrogens is 214 g/mol. The molecule has 3 N–H and O–H groups in total. The van der Waals surface area contributed by atoms with E-state index in [1.165, 1.54) is 25.8 Å². The van der Waals surface area contributed by atoms with E-state index in [0.717, 1.165) is 31.8 Å². The first-order chi connectivity index (χ1) is 8.16. The van der Waals surface area contributed by atoms with Crippen molar-refractivity contribution in [2.75, 3.05) is 26.2 Å². The minimum Gasteiger partial charge on any atom is -0.385 e. The van der Waals surface area contributed by atoms with E-state index in [2.05, 4.69) is 4.90 Å². The van der Waals surface area contributed by atoms with Crippen molar-refractivity contribution in [2.24, 2.45) is 11.7 Å². The average Bonchev–Trinajstić information content (AvgIpc) is 3.12. The van der Waals surface area contributed by atoms with Gasteiger partial charge in [-0.15, -0.1) is 0 Å². The molecule has 2 rings (SSSR count). The molecule has 4 heteroatoms.